The lowest BCUT2D eigenvalue weighted by Gasteiger charge is -2.39. The molecule has 2 rings (SSSR count). The summed E-state index contributed by atoms with van der Waals surface area (Å²) >= 11 is 0. The van der Waals surface area contributed by atoms with Crippen molar-refractivity contribution in [3.05, 3.63) is 0 Å². The minimum atomic E-state index is 0.247. The molecule has 16 heavy (non-hydrogen) atoms. The number of nitrogens with one attached hydrogen (secondary N) is 1. The molecule has 2 nitrogen and oxygen atoms in total. The molecule has 2 fully saturated rings. The molecule has 2 bridgehead atoms. The van der Waals surface area contributed by atoms with Crippen LogP contribution in [0.15, 0.2) is 0 Å². The van der Waals surface area contributed by atoms with Crippen molar-refractivity contribution in [1.82, 2.24) is 5.32 Å². The predicted octanol–water partition coefficient (Wildman–Crippen LogP) is 3.12. The third kappa shape index (κ3) is 1.49. The van der Waals surface area contributed by atoms with E-state index in [2.05, 4.69) is 33.0 Å². The van der Waals surface area contributed by atoms with E-state index in [-0.39, 0.29) is 5.91 Å². The first-order chi connectivity index (χ1) is 7.41. The van der Waals surface area contributed by atoms with Crippen LogP contribution in [0.25, 0.3) is 0 Å². The van der Waals surface area contributed by atoms with Crippen molar-refractivity contribution in [3.63, 3.8) is 0 Å². The van der Waals surface area contributed by atoms with Gasteiger partial charge in [-0.1, -0.05) is 27.7 Å². The topological polar surface area (TPSA) is 29.1 Å². The van der Waals surface area contributed by atoms with Gasteiger partial charge in [-0.3, -0.25) is 4.79 Å². The van der Waals surface area contributed by atoms with E-state index in [0.29, 0.717) is 23.3 Å². The minimum Gasteiger partial charge on any atom is -0.353 e. The lowest BCUT2D eigenvalue weighted by Crippen LogP contribution is -2.46. The van der Waals surface area contributed by atoms with Crippen molar-refractivity contribution in [1.29, 1.82) is 0 Å². The fraction of sp³-hybridized carbons (Fsp3) is 0.929. The Bertz CT molecular complexity index is 297. The second kappa shape index (κ2) is 3.75. The van der Waals surface area contributed by atoms with Gasteiger partial charge in [0.1, 0.15) is 0 Å². The summed E-state index contributed by atoms with van der Waals surface area (Å²) in [6.07, 6.45) is 5.45. The van der Waals surface area contributed by atoms with Crippen LogP contribution in [0.5, 0.6) is 0 Å². The molecule has 2 saturated carbocycles. The van der Waals surface area contributed by atoms with Gasteiger partial charge in [0.05, 0.1) is 0 Å². The number of amides is 1. The molecule has 3 atom stereocenters. The molecule has 2 aliphatic carbocycles. The molecule has 0 aromatic rings. The quantitative estimate of drug-likeness (QED) is 0.782. The molecule has 2 aliphatic rings. The SMILES string of the molecule is CCCC(=O)N[C@H]1C[C@H]2CC[C@@]1(C)C2(C)C. The van der Waals surface area contributed by atoms with Crippen molar-refractivity contribution in [2.45, 2.75) is 65.8 Å². The van der Waals surface area contributed by atoms with Gasteiger partial charge in [-0.2, -0.15) is 0 Å². The van der Waals surface area contributed by atoms with Crippen LogP contribution >= 0.6 is 0 Å². The fourth-order valence-corrected chi connectivity index (χ4v) is 3.92. The number of fused-ring (bicyclic) bond motifs is 2. The zero-order valence-electron chi connectivity index (χ0n) is 11.1. The van der Waals surface area contributed by atoms with Crippen molar-refractivity contribution in [2.24, 2.45) is 16.7 Å². The van der Waals surface area contributed by atoms with Crippen LogP contribution in [0.4, 0.5) is 0 Å². The molecule has 0 spiro atoms. The van der Waals surface area contributed by atoms with E-state index in [4.69, 9.17) is 0 Å². The number of rotatable bonds is 3. The minimum absolute atomic E-state index is 0.247. The third-order valence-corrected chi connectivity index (χ3v) is 5.61. The summed E-state index contributed by atoms with van der Waals surface area (Å²) < 4.78 is 0. The van der Waals surface area contributed by atoms with Crippen LogP contribution in [0.2, 0.25) is 0 Å². The number of hydrogen-bond acceptors (Lipinski definition) is 1. The van der Waals surface area contributed by atoms with E-state index in [1.807, 2.05) is 0 Å². The van der Waals surface area contributed by atoms with Gasteiger partial charge >= 0.3 is 0 Å². The summed E-state index contributed by atoms with van der Waals surface area (Å²) in [5.74, 6) is 1.06. The molecule has 0 aliphatic heterocycles. The summed E-state index contributed by atoms with van der Waals surface area (Å²) in [6, 6.07) is 0.417. The van der Waals surface area contributed by atoms with Gasteiger partial charge in [-0.15, -0.1) is 0 Å². The molecule has 0 unspecified atom stereocenters. The van der Waals surface area contributed by atoms with Gasteiger partial charge in [-0.05, 0) is 42.4 Å². The average molecular weight is 223 g/mol. The number of carbonyl (C=O) groups is 1. The maximum Gasteiger partial charge on any atom is 0.220 e. The van der Waals surface area contributed by atoms with E-state index in [9.17, 15) is 4.79 Å². The predicted molar refractivity (Wildman–Crippen MR) is 66.1 cm³/mol. The molecule has 92 valence electrons. The maximum absolute atomic E-state index is 11.7. The van der Waals surface area contributed by atoms with Crippen molar-refractivity contribution in [3.8, 4) is 0 Å². The lowest BCUT2D eigenvalue weighted by atomic mass is 9.69. The van der Waals surface area contributed by atoms with E-state index in [1.165, 1.54) is 19.3 Å². The van der Waals surface area contributed by atoms with Gasteiger partial charge < -0.3 is 5.32 Å². The highest BCUT2D eigenvalue weighted by molar-refractivity contribution is 5.76. The molecule has 0 saturated heterocycles. The Kier molecular flexibility index (Phi) is 2.80. The van der Waals surface area contributed by atoms with Crippen molar-refractivity contribution in [2.75, 3.05) is 0 Å². The highest BCUT2D eigenvalue weighted by atomic mass is 16.1. The first-order valence-corrected chi connectivity index (χ1v) is 6.71. The van der Waals surface area contributed by atoms with Crippen LogP contribution in [-0.2, 0) is 4.79 Å². The normalized spacial score (nSPS) is 40.0. The van der Waals surface area contributed by atoms with Crippen LogP contribution in [0.1, 0.15) is 59.8 Å². The molecule has 1 N–H and O–H groups in total. The van der Waals surface area contributed by atoms with Crippen molar-refractivity contribution < 1.29 is 4.79 Å². The monoisotopic (exact) mass is 223 g/mol. The Morgan fingerprint density at radius 1 is 1.38 bits per heavy atom. The zero-order chi connectivity index (χ0) is 12.0. The first-order valence-electron chi connectivity index (χ1n) is 6.71. The van der Waals surface area contributed by atoms with Gasteiger partial charge in [-0.25, -0.2) is 0 Å². The summed E-state index contributed by atoms with van der Waals surface area (Å²) in [6.45, 7) is 9.20. The largest absolute Gasteiger partial charge is 0.353 e. The Morgan fingerprint density at radius 2 is 2.06 bits per heavy atom. The van der Waals surface area contributed by atoms with E-state index >= 15 is 0 Å². The van der Waals surface area contributed by atoms with Crippen LogP contribution in [-0.4, -0.2) is 11.9 Å². The summed E-state index contributed by atoms with van der Waals surface area (Å²) in [7, 11) is 0. The van der Waals surface area contributed by atoms with Gasteiger partial charge in [0.2, 0.25) is 5.91 Å². The van der Waals surface area contributed by atoms with Gasteiger partial charge in [0, 0.05) is 12.5 Å². The van der Waals surface area contributed by atoms with E-state index in [0.717, 1.165) is 12.3 Å². The van der Waals surface area contributed by atoms with Crippen LogP contribution < -0.4 is 5.32 Å². The highest BCUT2D eigenvalue weighted by Crippen LogP contribution is 2.65. The summed E-state index contributed by atoms with van der Waals surface area (Å²) in [5, 5.41) is 3.27. The van der Waals surface area contributed by atoms with Crippen molar-refractivity contribution >= 4 is 5.91 Å². The molecule has 0 radical (unpaired) electrons. The van der Waals surface area contributed by atoms with Crippen LogP contribution in [0.3, 0.4) is 0 Å². The fourth-order valence-electron chi connectivity index (χ4n) is 3.92. The zero-order valence-corrected chi connectivity index (χ0v) is 11.1. The van der Waals surface area contributed by atoms with E-state index < -0.39 is 0 Å². The lowest BCUT2D eigenvalue weighted by molar-refractivity contribution is -0.122. The summed E-state index contributed by atoms with van der Waals surface area (Å²) in [5.41, 5.74) is 0.720. The maximum atomic E-state index is 11.7. The Balaban J connectivity index is 2.07. The molecule has 0 heterocycles. The second-order valence-electron chi connectivity index (χ2n) is 6.48. The Hall–Kier alpha value is -0.530. The number of hydrogen-bond donors (Lipinski definition) is 1. The number of carbonyl (C=O) groups excluding carboxylic acids is 1. The van der Waals surface area contributed by atoms with Crippen LogP contribution in [0, 0.1) is 16.7 Å². The Morgan fingerprint density at radius 3 is 2.50 bits per heavy atom. The molecule has 0 aromatic heterocycles. The molecular weight excluding hydrogens is 198 g/mol. The average Bonchev–Trinajstić information content (AvgIpc) is 2.51. The second-order valence-corrected chi connectivity index (χ2v) is 6.48. The van der Waals surface area contributed by atoms with Gasteiger partial charge in [0.25, 0.3) is 0 Å². The summed E-state index contributed by atoms with van der Waals surface area (Å²) in [4.78, 5) is 11.7. The standard InChI is InChI=1S/C14H25NO/c1-5-6-12(16)15-11-9-10-7-8-14(11,4)13(10,2)3/h10-11H,5-9H2,1-4H3,(H,15,16)/t10-,11+,14-/m1/s1. The highest BCUT2D eigenvalue weighted by Gasteiger charge is 2.61. The third-order valence-electron chi connectivity index (χ3n) is 5.61. The molecule has 0 aromatic carbocycles. The smallest absolute Gasteiger partial charge is 0.220 e. The Labute approximate surface area is 99.2 Å². The first kappa shape index (κ1) is 11.9. The molecular formula is C14H25NO. The van der Waals surface area contributed by atoms with E-state index in [1.54, 1.807) is 0 Å². The molecule has 2 heteroatoms. The van der Waals surface area contributed by atoms with Gasteiger partial charge in [0.15, 0.2) is 0 Å². The molecule has 1 amide bonds.